The van der Waals surface area contributed by atoms with Crippen LogP contribution in [0.4, 0.5) is 5.69 Å². The van der Waals surface area contributed by atoms with E-state index in [0.29, 0.717) is 5.69 Å². The van der Waals surface area contributed by atoms with Crippen LogP contribution < -0.4 is 5.32 Å². The number of carbonyl (C=O) groups is 1. The normalized spacial score (nSPS) is 11.5. The Hall–Kier alpha value is -1.70. The van der Waals surface area contributed by atoms with E-state index in [1.54, 1.807) is 18.2 Å². The minimum atomic E-state index is -3.57. The number of hydrogen-bond acceptors (Lipinski definition) is 3. The summed E-state index contributed by atoms with van der Waals surface area (Å²) in [5.74, 6) is -0.355. The van der Waals surface area contributed by atoms with E-state index in [-0.39, 0.29) is 16.4 Å². The molecule has 0 atom stereocenters. The molecule has 0 aliphatic heterocycles. The molecule has 0 aliphatic carbocycles. The van der Waals surface area contributed by atoms with E-state index in [1.165, 1.54) is 26.2 Å². The maximum Gasteiger partial charge on any atom is 0.255 e. The second-order valence-corrected chi connectivity index (χ2v) is 8.30. The van der Waals surface area contributed by atoms with Crippen LogP contribution in [-0.2, 0) is 10.0 Å². The van der Waals surface area contributed by atoms with Gasteiger partial charge < -0.3 is 5.32 Å². The number of sulfonamides is 1. The summed E-state index contributed by atoms with van der Waals surface area (Å²) in [5.41, 5.74) is 1.87. The summed E-state index contributed by atoms with van der Waals surface area (Å²) < 4.78 is 26.3. The standard InChI is InChI=1S/C16H17BrN2O3S/c1-11-9-13(17)7-8-15(11)18-16(20)12-5-4-6-14(10-12)23(21,22)19(2)3/h4-10H,1-3H3,(H,18,20). The smallest absolute Gasteiger partial charge is 0.255 e. The lowest BCUT2D eigenvalue weighted by Crippen LogP contribution is -2.22. The number of amides is 1. The Labute approximate surface area is 144 Å². The largest absolute Gasteiger partial charge is 0.322 e. The van der Waals surface area contributed by atoms with Crippen molar-refractivity contribution in [2.75, 3.05) is 19.4 Å². The lowest BCUT2D eigenvalue weighted by atomic mass is 10.1. The van der Waals surface area contributed by atoms with Crippen LogP contribution >= 0.6 is 15.9 Å². The van der Waals surface area contributed by atoms with E-state index in [0.717, 1.165) is 14.3 Å². The minimum absolute atomic E-state index is 0.0858. The zero-order valence-electron chi connectivity index (χ0n) is 13.0. The van der Waals surface area contributed by atoms with Gasteiger partial charge in [-0.05, 0) is 48.9 Å². The van der Waals surface area contributed by atoms with Crippen LogP contribution in [0.5, 0.6) is 0 Å². The van der Waals surface area contributed by atoms with Gasteiger partial charge in [0.15, 0.2) is 0 Å². The van der Waals surface area contributed by atoms with Gasteiger partial charge in [-0.1, -0.05) is 22.0 Å². The highest BCUT2D eigenvalue weighted by Gasteiger charge is 2.18. The second kappa shape index (κ2) is 6.82. The molecule has 0 aromatic heterocycles. The molecule has 5 nitrogen and oxygen atoms in total. The van der Waals surface area contributed by atoms with Crippen LogP contribution in [0.2, 0.25) is 0 Å². The second-order valence-electron chi connectivity index (χ2n) is 5.23. The molecule has 0 fully saturated rings. The molecule has 122 valence electrons. The first-order valence-electron chi connectivity index (χ1n) is 6.82. The maximum absolute atomic E-state index is 12.4. The minimum Gasteiger partial charge on any atom is -0.322 e. The van der Waals surface area contributed by atoms with Gasteiger partial charge in [0.2, 0.25) is 10.0 Å². The van der Waals surface area contributed by atoms with Crippen molar-refractivity contribution in [3.8, 4) is 0 Å². The third-order valence-electron chi connectivity index (χ3n) is 3.31. The molecule has 0 spiro atoms. The topological polar surface area (TPSA) is 66.5 Å². The summed E-state index contributed by atoms with van der Waals surface area (Å²) in [5, 5.41) is 2.79. The number of hydrogen-bond donors (Lipinski definition) is 1. The van der Waals surface area contributed by atoms with Crippen LogP contribution in [-0.4, -0.2) is 32.7 Å². The molecule has 7 heteroatoms. The van der Waals surface area contributed by atoms with Gasteiger partial charge in [-0.3, -0.25) is 4.79 Å². The molecule has 1 amide bonds. The molecule has 0 aliphatic rings. The Bertz CT molecular complexity index is 848. The Kier molecular flexibility index (Phi) is 5.23. The van der Waals surface area contributed by atoms with E-state index >= 15 is 0 Å². The summed E-state index contributed by atoms with van der Waals surface area (Å²) in [4.78, 5) is 12.5. The monoisotopic (exact) mass is 396 g/mol. The number of nitrogens with one attached hydrogen (secondary N) is 1. The molecule has 0 unspecified atom stereocenters. The van der Waals surface area contributed by atoms with Gasteiger partial charge in [0.1, 0.15) is 0 Å². The summed E-state index contributed by atoms with van der Waals surface area (Å²) in [6.07, 6.45) is 0. The molecule has 0 radical (unpaired) electrons. The first-order valence-corrected chi connectivity index (χ1v) is 9.05. The molecule has 2 aromatic carbocycles. The average molecular weight is 397 g/mol. The third-order valence-corrected chi connectivity index (χ3v) is 5.62. The molecule has 0 saturated carbocycles. The molecular weight excluding hydrogens is 380 g/mol. The third kappa shape index (κ3) is 3.99. The van der Waals surface area contributed by atoms with Crippen molar-refractivity contribution in [1.82, 2.24) is 4.31 Å². The van der Waals surface area contributed by atoms with Crippen molar-refractivity contribution in [3.05, 3.63) is 58.1 Å². The van der Waals surface area contributed by atoms with Crippen LogP contribution in [0.15, 0.2) is 51.8 Å². The first kappa shape index (κ1) is 17.7. The average Bonchev–Trinajstić information content (AvgIpc) is 2.50. The fourth-order valence-corrected chi connectivity index (χ4v) is 3.39. The van der Waals surface area contributed by atoms with Crippen molar-refractivity contribution >= 4 is 37.5 Å². The van der Waals surface area contributed by atoms with Gasteiger partial charge >= 0.3 is 0 Å². The van der Waals surface area contributed by atoms with Crippen molar-refractivity contribution in [1.29, 1.82) is 0 Å². The number of carbonyl (C=O) groups excluding carboxylic acids is 1. The fraction of sp³-hybridized carbons (Fsp3) is 0.188. The van der Waals surface area contributed by atoms with E-state index in [1.807, 2.05) is 19.1 Å². The zero-order chi connectivity index (χ0) is 17.2. The molecule has 0 saturated heterocycles. The number of nitrogens with zero attached hydrogens (tertiary/aromatic N) is 1. The Morgan fingerprint density at radius 2 is 1.83 bits per heavy atom. The summed E-state index contributed by atoms with van der Waals surface area (Å²) >= 11 is 3.37. The van der Waals surface area contributed by atoms with Crippen molar-refractivity contribution in [2.24, 2.45) is 0 Å². The van der Waals surface area contributed by atoms with Gasteiger partial charge in [-0.2, -0.15) is 0 Å². The van der Waals surface area contributed by atoms with E-state index in [9.17, 15) is 13.2 Å². The summed E-state index contributed by atoms with van der Waals surface area (Å²) in [6.45, 7) is 1.88. The van der Waals surface area contributed by atoms with Gasteiger partial charge in [0.25, 0.3) is 5.91 Å². The van der Waals surface area contributed by atoms with Crippen molar-refractivity contribution < 1.29 is 13.2 Å². The van der Waals surface area contributed by atoms with E-state index < -0.39 is 10.0 Å². The number of aryl methyl sites for hydroxylation is 1. The quantitative estimate of drug-likeness (QED) is 0.861. The van der Waals surface area contributed by atoms with Crippen molar-refractivity contribution in [2.45, 2.75) is 11.8 Å². The molecule has 2 aromatic rings. The Morgan fingerprint density at radius 3 is 2.43 bits per heavy atom. The maximum atomic E-state index is 12.4. The molecular formula is C16H17BrN2O3S. The molecule has 0 heterocycles. The number of rotatable bonds is 4. The van der Waals surface area contributed by atoms with Crippen LogP contribution in [0, 0.1) is 6.92 Å². The van der Waals surface area contributed by atoms with Gasteiger partial charge in [-0.15, -0.1) is 0 Å². The van der Waals surface area contributed by atoms with Crippen molar-refractivity contribution in [3.63, 3.8) is 0 Å². The predicted octanol–water partition coefficient (Wildman–Crippen LogP) is 3.26. The van der Waals surface area contributed by atoms with Gasteiger partial charge in [0.05, 0.1) is 4.90 Å². The van der Waals surface area contributed by atoms with Crippen LogP contribution in [0.25, 0.3) is 0 Å². The lowest BCUT2D eigenvalue weighted by Gasteiger charge is -2.13. The highest BCUT2D eigenvalue weighted by Crippen LogP contribution is 2.21. The Morgan fingerprint density at radius 1 is 1.13 bits per heavy atom. The van der Waals surface area contributed by atoms with Crippen LogP contribution in [0.3, 0.4) is 0 Å². The summed E-state index contributed by atoms with van der Waals surface area (Å²) in [7, 11) is -0.669. The lowest BCUT2D eigenvalue weighted by molar-refractivity contribution is 0.102. The van der Waals surface area contributed by atoms with Gasteiger partial charge in [0, 0.05) is 29.8 Å². The Balaban J connectivity index is 2.30. The number of benzene rings is 2. The number of halogens is 1. The zero-order valence-corrected chi connectivity index (χ0v) is 15.4. The molecule has 0 bridgehead atoms. The SMILES string of the molecule is Cc1cc(Br)ccc1NC(=O)c1cccc(S(=O)(=O)N(C)C)c1. The van der Waals surface area contributed by atoms with E-state index in [4.69, 9.17) is 0 Å². The highest BCUT2D eigenvalue weighted by molar-refractivity contribution is 9.10. The predicted molar refractivity (Wildman–Crippen MR) is 94.1 cm³/mol. The fourth-order valence-electron chi connectivity index (χ4n) is 1.97. The van der Waals surface area contributed by atoms with Gasteiger partial charge in [-0.25, -0.2) is 12.7 Å². The molecule has 2 rings (SSSR count). The molecule has 1 N–H and O–H groups in total. The molecule has 23 heavy (non-hydrogen) atoms. The highest BCUT2D eigenvalue weighted by atomic mass is 79.9. The first-order chi connectivity index (χ1) is 10.7. The number of anilines is 1. The van der Waals surface area contributed by atoms with E-state index in [2.05, 4.69) is 21.2 Å². The summed E-state index contributed by atoms with van der Waals surface area (Å²) in [6, 6.07) is 11.5. The van der Waals surface area contributed by atoms with Crippen LogP contribution in [0.1, 0.15) is 15.9 Å².